The molecule has 0 atom stereocenters. The van der Waals surface area contributed by atoms with Crippen molar-refractivity contribution in [2.24, 2.45) is 0 Å². The number of benzene rings is 1. The molecule has 0 N–H and O–H groups in total. The Labute approximate surface area is 109 Å². The van der Waals surface area contributed by atoms with E-state index in [1.807, 2.05) is 0 Å². The number of rotatable bonds is 3. The Balaban J connectivity index is 2.05. The molecule has 1 heterocycles. The summed E-state index contributed by atoms with van der Waals surface area (Å²) in [5.41, 5.74) is -2.44. The molecule has 0 unspecified atom stereocenters. The number of hydrogen-bond acceptors (Lipinski definition) is 2. The molecule has 98 valence electrons. The first-order chi connectivity index (χ1) is 8.46. The second kappa shape index (κ2) is 5.26. The summed E-state index contributed by atoms with van der Waals surface area (Å²) in [6.45, 7) is 5.98. The SMILES string of the molecule is C=C(c1ccc(SC(F)(F)F)cc1)N1CCCC1. The average Bonchev–Trinajstić information content (AvgIpc) is 2.80. The van der Waals surface area contributed by atoms with Gasteiger partial charge in [-0.05, 0) is 42.3 Å². The minimum absolute atomic E-state index is 0.0899. The molecular formula is C13H14F3NS. The molecule has 0 radical (unpaired) electrons. The van der Waals surface area contributed by atoms with Crippen molar-refractivity contribution in [2.45, 2.75) is 23.2 Å². The predicted molar refractivity (Wildman–Crippen MR) is 68.2 cm³/mol. The van der Waals surface area contributed by atoms with E-state index in [4.69, 9.17) is 0 Å². The third kappa shape index (κ3) is 3.45. The minimum Gasteiger partial charge on any atom is -0.372 e. The van der Waals surface area contributed by atoms with Crippen LogP contribution in [-0.2, 0) is 0 Å². The lowest BCUT2D eigenvalue weighted by molar-refractivity contribution is -0.0328. The fourth-order valence-corrected chi connectivity index (χ4v) is 2.56. The summed E-state index contributed by atoms with van der Waals surface area (Å²) in [5.74, 6) is 0. The summed E-state index contributed by atoms with van der Waals surface area (Å²) in [6.07, 6.45) is 2.31. The van der Waals surface area contributed by atoms with Gasteiger partial charge in [0.2, 0.25) is 0 Å². The quantitative estimate of drug-likeness (QED) is 0.752. The van der Waals surface area contributed by atoms with E-state index in [9.17, 15) is 13.2 Å². The molecule has 0 aromatic heterocycles. The van der Waals surface area contributed by atoms with E-state index in [0.717, 1.165) is 37.2 Å². The molecule has 1 nitrogen and oxygen atoms in total. The van der Waals surface area contributed by atoms with E-state index in [-0.39, 0.29) is 16.7 Å². The van der Waals surface area contributed by atoms with Crippen LogP contribution in [0.4, 0.5) is 13.2 Å². The van der Waals surface area contributed by atoms with Crippen LogP contribution in [0.2, 0.25) is 0 Å². The zero-order chi connectivity index (χ0) is 13.2. The molecule has 1 saturated heterocycles. The summed E-state index contributed by atoms with van der Waals surface area (Å²) in [5, 5.41) is 0. The molecule has 0 bridgehead atoms. The Morgan fingerprint density at radius 3 is 2.17 bits per heavy atom. The van der Waals surface area contributed by atoms with E-state index in [0.29, 0.717) is 0 Å². The van der Waals surface area contributed by atoms with E-state index < -0.39 is 5.51 Å². The molecule has 0 aliphatic carbocycles. The number of nitrogens with zero attached hydrogens (tertiary/aromatic N) is 1. The van der Waals surface area contributed by atoms with Crippen LogP contribution in [0, 0.1) is 0 Å². The number of thioether (sulfide) groups is 1. The van der Waals surface area contributed by atoms with Crippen molar-refractivity contribution >= 4 is 17.5 Å². The van der Waals surface area contributed by atoms with Crippen LogP contribution in [0.5, 0.6) is 0 Å². The van der Waals surface area contributed by atoms with Crippen LogP contribution in [-0.4, -0.2) is 23.5 Å². The van der Waals surface area contributed by atoms with Gasteiger partial charge in [-0.2, -0.15) is 13.2 Å². The van der Waals surface area contributed by atoms with Crippen molar-refractivity contribution < 1.29 is 13.2 Å². The first kappa shape index (κ1) is 13.3. The third-order valence-corrected chi connectivity index (χ3v) is 3.65. The lowest BCUT2D eigenvalue weighted by Gasteiger charge is -2.20. The highest BCUT2D eigenvalue weighted by Gasteiger charge is 2.29. The van der Waals surface area contributed by atoms with Crippen LogP contribution < -0.4 is 0 Å². The fourth-order valence-electron chi connectivity index (χ4n) is 2.02. The minimum atomic E-state index is -4.23. The Morgan fingerprint density at radius 2 is 1.67 bits per heavy atom. The van der Waals surface area contributed by atoms with Gasteiger partial charge in [-0.3, -0.25) is 0 Å². The van der Waals surface area contributed by atoms with E-state index in [1.54, 1.807) is 12.1 Å². The number of likely N-dealkylation sites (tertiary alicyclic amines) is 1. The van der Waals surface area contributed by atoms with E-state index in [1.165, 1.54) is 12.1 Å². The summed E-state index contributed by atoms with van der Waals surface area (Å²) in [4.78, 5) is 2.38. The van der Waals surface area contributed by atoms with Gasteiger partial charge in [0.05, 0.1) is 0 Å². The molecule has 0 amide bonds. The number of alkyl halides is 3. The first-order valence-corrected chi connectivity index (χ1v) is 6.57. The van der Waals surface area contributed by atoms with Crippen molar-refractivity contribution in [3.8, 4) is 0 Å². The predicted octanol–water partition coefficient (Wildman–Crippen LogP) is 4.37. The highest BCUT2D eigenvalue weighted by atomic mass is 32.2. The van der Waals surface area contributed by atoms with Gasteiger partial charge in [-0.1, -0.05) is 18.7 Å². The van der Waals surface area contributed by atoms with Crippen molar-refractivity contribution in [3.63, 3.8) is 0 Å². The Kier molecular flexibility index (Phi) is 3.90. The van der Waals surface area contributed by atoms with Gasteiger partial charge in [-0.25, -0.2) is 0 Å². The molecule has 1 fully saturated rings. The lowest BCUT2D eigenvalue weighted by atomic mass is 10.1. The van der Waals surface area contributed by atoms with Gasteiger partial charge >= 0.3 is 5.51 Å². The number of halogens is 3. The molecule has 18 heavy (non-hydrogen) atoms. The molecule has 2 rings (SSSR count). The van der Waals surface area contributed by atoms with Crippen molar-refractivity contribution in [1.29, 1.82) is 0 Å². The smallest absolute Gasteiger partial charge is 0.372 e. The second-order valence-electron chi connectivity index (χ2n) is 4.21. The third-order valence-electron chi connectivity index (χ3n) is 2.91. The largest absolute Gasteiger partial charge is 0.446 e. The maximum Gasteiger partial charge on any atom is 0.446 e. The zero-order valence-corrected chi connectivity index (χ0v) is 10.7. The molecule has 5 heteroatoms. The first-order valence-electron chi connectivity index (χ1n) is 5.76. The van der Waals surface area contributed by atoms with Crippen molar-refractivity contribution in [1.82, 2.24) is 4.90 Å². The van der Waals surface area contributed by atoms with Crippen molar-refractivity contribution in [3.05, 3.63) is 36.4 Å². The maximum atomic E-state index is 12.2. The highest BCUT2D eigenvalue weighted by molar-refractivity contribution is 8.00. The van der Waals surface area contributed by atoms with Gasteiger partial charge in [0, 0.05) is 23.7 Å². The monoisotopic (exact) mass is 273 g/mol. The molecule has 1 aromatic carbocycles. The van der Waals surface area contributed by atoms with Crippen LogP contribution in [0.1, 0.15) is 18.4 Å². The molecule has 0 spiro atoms. The molecule has 1 aliphatic heterocycles. The summed E-state index contributed by atoms with van der Waals surface area (Å²) >= 11 is -0.0899. The maximum absolute atomic E-state index is 12.2. The van der Waals surface area contributed by atoms with Crippen LogP contribution in [0.3, 0.4) is 0 Å². The van der Waals surface area contributed by atoms with Gasteiger partial charge in [0.1, 0.15) is 0 Å². The summed E-state index contributed by atoms with van der Waals surface area (Å²) in [7, 11) is 0. The molecule has 0 saturated carbocycles. The Bertz CT molecular complexity index is 419. The van der Waals surface area contributed by atoms with Crippen LogP contribution in [0.15, 0.2) is 35.7 Å². The normalized spacial score (nSPS) is 16.1. The van der Waals surface area contributed by atoms with Gasteiger partial charge in [0.25, 0.3) is 0 Å². The summed E-state index contributed by atoms with van der Waals surface area (Å²) < 4.78 is 36.5. The van der Waals surface area contributed by atoms with Crippen molar-refractivity contribution in [2.75, 3.05) is 13.1 Å². The molecule has 1 aliphatic rings. The standard InChI is InChI=1S/C13H14F3NS/c1-10(17-8-2-3-9-17)11-4-6-12(7-5-11)18-13(14,15)16/h4-7H,1-3,8-9H2. The Hall–Kier alpha value is -1.10. The van der Waals surface area contributed by atoms with E-state index in [2.05, 4.69) is 11.5 Å². The second-order valence-corrected chi connectivity index (χ2v) is 5.35. The van der Waals surface area contributed by atoms with Gasteiger partial charge in [-0.15, -0.1) is 0 Å². The average molecular weight is 273 g/mol. The number of hydrogen-bond donors (Lipinski definition) is 0. The van der Waals surface area contributed by atoms with Crippen LogP contribution >= 0.6 is 11.8 Å². The lowest BCUT2D eigenvalue weighted by Crippen LogP contribution is -2.16. The fraction of sp³-hybridized carbons (Fsp3) is 0.385. The summed E-state index contributed by atoms with van der Waals surface area (Å²) in [6, 6.07) is 6.40. The van der Waals surface area contributed by atoms with Gasteiger partial charge < -0.3 is 4.90 Å². The zero-order valence-electron chi connectivity index (χ0n) is 9.83. The van der Waals surface area contributed by atoms with Crippen LogP contribution in [0.25, 0.3) is 5.70 Å². The molecular weight excluding hydrogens is 259 g/mol. The molecule has 1 aromatic rings. The van der Waals surface area contributed by atoms with Gasteiger partial charge in [0.15, 0.2) is 0 Å². The highest BCUT2D eigenvalue weighted by Crippen LogP contribution is 2.37. The Morgan fingerprint density at radius 1 is 1.11 bits per heavy atom. The van der Waals surface area contributed by atoms with E-state index >= 15 is 0 Å². The topological polar surface area (TPSA) is 3.24 Å².